The minimum atomic E-state index is -0.231. The Balaban J connectivity index is 2.04. The number of carbonyl (C=O) groups is 1. The molecule has 2 amide bonds. The highest BCUT2D eigenvalue weighted by Gasteiger charge is 2.22. The molecule has 3 rings (SSSR count). The van der Waals surface area contributed by atoms with E-state index in [1.165, 1.54) is 23.3 Å². The first kappa shape index (κ1) is 18.5. The van der Waals surface area contributed by atoms with Crippen LogP contribution in [0.2, 0.25) is 0 Å². The number of aromatic nitrogens is 1. The van der Waals surface area contributed by atoms with E-state index in [9.17, 15) is 4.79 Å². The molecule has 0 fully saturated rings. The molecule has 0 bridgehead atoms. The van der Waals surface area contributed by atoms with Crippen LogP contribution >= 0.6 is 12.1 Å². The summed E-state index contributed by atoms with van der Waals surface area (Å²) in [6.07, 6.45) is 4.87. The molecule has 0 aliphatic heterocycles. The Morgan fingerprint density at radius 1 is 1.31 bits per heavy atom. The van der Waals surface area contributed by atoms with E-state index in [1.807, 2.05) is 30.5 Å². The third-order valence-corrected chi connectivity index (χ3v) is 5.03. The number of hydrogen-bond acceptors (Lipinski definition) is 5. The average Bonchev–Trinajstić information content (AvgIpc) is 3.08. The molecule has 7 heteroatoms. The number of methoxy groups -OCH3 is 1. The first-order chi connectivity index (χ1) is 12.5. The number of urea groups is 1. The summed E-state index contributed by atoms with van der Waals surface area (Å²) in [5, 5.41) is 3.08. The minimum Gasteiger partial charge on any atom is -0.481 e. The molecule has 0 radical (unpaired) electrons. The van der Waals surface area contributed by atoms with Gasteiger partial charge in [-0.2, -0.15) is 0 Å². The maximum Gasteiger partial charge on any atom is 0.330 e. The average molecular weight is 372 g/mol. The Morgan fingerprint density at radius 3 is 2.85 bits per heavy atom. The van der Waals surface area contributed by atoms with Crippen LogP contribution in [0.4, 0.5) is 10.5 Å². The van der Waals surface area contributed by atoms with Crippen molar-refractivity contribution < 1.29 is 9.53 Å². The van der Waals surface area contributed by atoms with Crippen molar-refractivity contribution >= 4 is 23.9 Å². The molecule has 138 valence electrons. The molecule has 2 aromatic rings. The Kier molecular flexibility index (Phi) is 5.68. The van der Waals surface area contributed by atoms with E-state index in [0.29, 0.717) is 5.88 Å². The van der Waals surface area contributed by atoms with Crippen LogP contribution in [-0.4, -0.2) is 36.5 Å². The number of hydrogen-bond donors (Lipinski definition) is 2. The standard InChI is InChI=1S/C19H24N4O2S/c1-12-10-13-6-5-7-15(13)18(21-19(24)22-26-23(2)3)17(12)14-8-9-20-16(11-14)25-4/h8-11H,5-7H2,1-4H3,(H2,21,22,24). The summed E-state index contributed by atoms with van der Waals surface area (Å²) < 4.78 is 9.90. The van der Waals surface area contributed by atoms with Gasteiger partial charge >= 0.3 is 6.03 Å². The number of benzene rings is 1. The summed E-state index contributed by atoms with van der Waals surface area (Å²) in [4.78, 5) is 16.6. The van der Waals surface area contributed by atoms with Crippen molar-refractivity contribution in [3.63, 3.8) is 0 Å². The van der Waals surface area contributed by atoms with Crippen LogP contribution in [0.3, 0.4) is 0 Å². The Labute approximate surface area is 158 Å². The van der Waals surface area contributed by atoms with Gasteiger partial charge in [-0.1, -0.05) is 6.07 Å². The van der Waals surface area contributed by atoms with E-state index in [2.05, 4.69) is 28.0 Å². The van der Waals surface area contributed by atoms with E-state index in [-0.39, 0.29) is 6.03 Å². The van der Waals surface area contributed by atoms with Crippen LogP contribution in [-0.2, 0) is 12.8 Å². The SMILES string of the molecule is COc1cc(-c2c(C)cc3c(c2NC(=O)NSN(C)C)CCC3)ccn1. The lowest BCUT2D eigenvalue weighted by Crippen LogP contribution is -2.26. The van der Waals surface area contributed by atoms with Crippen molar-refractivity contribution in [1.29, 1.82) is 0 Å². The molecule has 0 unspecified atom stereocenters. The van der Waals surface area contributed by atoms with Crippen molar-refractivity contribution in [1.82, 2.24) is 14.0 Å². The zero-order chi connectivity index (χ0) is 18.7. The van der Waals surface area contributed by atoms with Crippen molar-refractivity contribution in [2.45, 2.75) is 26.2 Å². The Hall–Kier alpha value is -2.25. The third kappa shape index (κ3) is 3.94. The van der Waals surface area contributed by atoms with Crippen molar-refractivity contribution in [2.75, 3.05) is 26.5 Å². The van der Waals surface area contributed by atoms with E-state index in [1.54, 1.807) is 13.3 Å². The van der Waals surface area contributed by atoms with Crippen LogP contribution in [0.5, 0.6) is 5.88 Å². The van der Waals surface area contributed by atoms with Gasteiger partial charge in [0, 0.05) is 30.0 Å². The summed E-state index contributed by atoms with van der Waals surface area (Å²) in [5.41, 5.74) is 6.59. The van der Waals surface area contributed by atoms with Crippen molar-refractivity contribution in [3.8, 4) is 17.0 Å². The molecule has 6 nitrogen and oxygen atoms in total. The van der Waals surface area contributed by atoms with Crippen LogP contribution in [0.15, 0.2) is 24.4 Å². The molecule has 2 N–H and O–H groups in total. The second-order valence-corrected chi connectivity index (χ2v) is 7.60. The topological polar surface area (TPSA) is 66.5 Å². The zero-order valence-corrected chi connectivity index (χ0v) is 16.4. The van der Waals surface area contributed by atoms with Gasteiger partial charge < -0.3 is 10.1 Å². The highest BCUT2D eigenvalue weighted by molar-refractivity contribution is 7.95. The molecular formula is C19H24N4O2S. The summed E-state index contributed by atoms with van der Waals surface area (Å²) in [5.74, 6) is 0.556. The number of nitrogens with zero attached hydrogens (tertiary/aromatic N) is 2. The largest absolute Gasteiger partial charge is 0.481 e. The molecule has 26 heavy (non-hydrogen) atoms. The van der Waals surface area contributed by atoms with Crippen LogP contribution in [0.25, 0.3) is 11.1 Å². The molecular weight excluding hydrogens is 348 g/mol. The van der Waals surface area contributed by atoms with E-state index < -0.39 is 0 Å². The number of fused-ring (bicyclic) bond motifs is 1. The fraction of sp³-hybridized carbons (Fsp3) is 0.368. The second-order valence-electron chi connectivity index (χ2n) is 6.48. The number of anilines is 1. The molecule has 1 aromatic carbocycles. The highest BCUT2D eigenvalue weighted by Crippen LogP contribution is 2.40. The van der Waals surface area contributed by atoms with Crippen LogP contribution < -0.4 is 14.8 Å². The summed E-state index contributed by atoms with van der Waals surface area (Å²) in [7, 11) is 5.36. The van der Waals surface area contributed by atoms with Gasteiger partial charge in [0.15, 0.2) is 0 Å². The minimum absolute atomic E-state index is 0.231. The normalized spacial score (nSPS) is 12.8. The number of carbonyl (C=O) groups excluding carboxylic acids is 1. The molecule has 1 aromatic heterocycles. The molecule has 1 heterocycles. The lowest BCUT2D eigenvalue weighted by Gasteiger charge is -2.19. The maximum atomic E-state index is 12.4. The van der Waals surface area contributed by atoms with Crippen molar-refractivity contribution in [3.05, 3.63) is 41.1 Å². The van der Waals surface area contributed by atoms with Gasteiger partial charge in [0.05, 0.1) is 12.8 Å². The Bertz CT molecular complexity index is 823. The molecule has 0 atom stereocenters. The lowest BCUT2D eigenvalue weighted by molar-refractivity contribution is 0.257. The van der Waals surface area contributed by atoms with Crippen molar-refractivity contribution in [2.24, 2.45) is 0 Å². The van der Waals surface area contributed by atoms with Crippen LogP contribution in [0.1, 0.15) is 23.1 Å². The molecule has 1 aliphatic carbocycles. The number of amides is 2. The fourth-order valence-corrected chi connectivity index (χ4v) is 3.67. The van der Waals surface area contributed by atoms with Crippen LogP contribution in [0, 0.1) is 6.92 Å². The van der Waals surface area contributed by atoms with Gasteiger partial charge in [-0.15, -0.1) is 0 Å². The van der Waals surface area contributed by atoms with Gasteiger partial charge in [0.2, 0.25) is 5.88 Å². The number of aryl methyl sites for hydroxylation is 2. The highest BCUT2D eigenvalue weighted by atomic mass is 32.2. The summed E-state index contributed by atoms with van der Waals surface area (Å²) >= 11 is 1.25. The monoisotopic (exact) mass is 372 g/mol. The van der Waals surface area contributed by atoms with Gasteiger partial charge in [-0.25, -0.2) is 14.1 Å². The first-order valence-corrected chi connectivity index (χ1v) is 9.34. The smallest absolute Gasteiger partial charge is 0.330 e. The number of rotatable bonds is 5. The Morgan fingerprint density at radius 2 is 2.12 bits per heavy atom. The third-order valence-electron chi connectivity index (χ3n) is 4.39. The number of pyridine rings is 1. The summed E-state index contributed by atoms with van der Waals surface area (Å²) in [6.45, 7) is 2.08. The first-order valence-electron chi connectivity index (χ1n) is 8.56. The van der Waals surface area contributed by atoms with Gasteiger partial charge in [0.1, 0.15) is 0 Å². The number of ether oxygens (including phenoxy) is 1. The molecule has 1 aliphatic rings. The van der Waals surface area contributed by atoms with Gasteiger partial charge in [-0.05, 0) is 68.6 Å². The van der Waals surface area contributed by atoms with Gasteiger partial charge in [-0.3, -0.25) is 4.72 Å². The fourth-order valence-electron chi connectivity index (χ4n) is 3.35. The zero-order valence-electron chi connectivity index (χ0n) is 15.5. The molecule has 0 spiro atoms. The summed E-state index contributed by atoms with van der Waals surface area (Å²) in [6, 6.07) is 5.86. The molecule has 0 saturated heterocycles. The predicted octanol–water partition coefficient (Wildman–Crippen LogP) is 3.80. The van der Waals surface area contributed by atoms with Gasteiger partial charge in [0.25, 0.3) is 0 Å². The van der Waals surface area contributed by atoms with E-state index in [4.69, 9.17) is 4.74 Å². The number of nitrogens with one attached hydrogen (secondary N) is 2. The quantitative estimate of drug-likeness (QED) is 0.782. The molecule has 0 saturated carbocycles. The second kappa shape index (κ2) is 7.97. The van der Waals surface area contributed by atoms with E-state index in [0.717, 1.165) is 41.6 Å². The lowest BCUT2D eigenvalue weighted by atomic mass is 9.93. The predicted molar refractivity (Wildman–Crippen MR) is 106 cm³/mol. The maximum absolute atomic E-state index is 12.4. The van der Waals surface area contributed by atoms with E-state index >= 15 is 0 Å².